The third-order valence-corrected chi connectivity index (χ3v) is 5.52. The van der Waals surface area contributed by atoms with Gasteiger partial charge in [-0.05, 0) is 65.6 Å². The summed E-state index contributed by atoms with van der Waals surface area (Å²) >= 11 is 0. The molecule has 0 radical (unpaired) electrons. The van der Waals surface area contributed by atoms with Crippen molar-refractivity contribution in [3.63, 3.8) is 0 Å². The van der Waals surface area contributed by atoms with Gasteiger partial charge in [0.15, 0.2) is 5.78 Å². The molecule has 3 rings (SSSR count). The number of ketones is 1. The topological polar surface area (TPSA) is 61.5 Å². The monoisotopic (exact) mass is 443 g/mol. The summed E-state index contributed by atoms with van der Waals surface area (Å²) in [5.74, 6) is 1.28. The number of carbonyl (C=O) groups excluding carboxylic acids is 1. The van der Waals surface area contributed by atoms with Gasteiger partial charge in [0.05, 0.1) is 19.6 Å². The van der Waals surface area contributed by atoms with Crippen LogP contribution in [0.1, 0.15) is 43.7 Å². The fraction of sp³-hybridized carbons (Fsp3) is 0.276. The second-order valence-corrected chi connectivity index (χ2v) is 8.11. The van der Waals surface area contributed by atoms with Crippen molar-refractivity contribution in [2.75, 3.05) is 13.7 Å². The highest BCUT2D eigenvalue weighted by atomic mass is 16.5. The smallest absolute Gasteiger partial charge is 0.166 e. The van der Waals surface area contributed by atoms with Crippen LogP contribution in [0, 0.1) is 5.92 Å². The second-order valence-electron chi connectivity index (χ2n) is 8.11. The lowest BCUT2D eigenvalue weighted by Crippen LogP contribution is -2.15. The van der Waals surface area contributed by atoms with Crippen LogP contribution in [0.15, 0.2) is 84.1 Å². The van der Waals surface area contributed by atoms with Gasteiger partial charge < -0.3 is 15.2 Å². The summed E-state index contributed by atoms with van der Waals surface area (Å²) in [4.78, 5) is 13.0. The maximum atomic E-state index is 13.0. The van der Waals surface area contributed by atoms with E-state index in [2.05, 4.69) is 6.92 Å². The lowest BCUT2D eigenvalue weighted by molar-refractivity contribution is -0.115. The van der Waals surface area contributed by atoms with Crippen LogP contribution in [0.25, 0.3) is 12.2 Å². The Labute approximate surface area is 197 Å². The van der Waals surface area contributed by atoms with Gasteiger partial charge in [-0.2, -0.15) is 0 Å². The first-order valence-corrected chi connectivity index (χ1v) is 11.5. The minimum absolute atomic E-state index is 0.00380. The number of carbonyl (C=O) groups is 1. The number of allylic oxidation sites excluding steroid dienone is 5. The number of ether oxygens (including phenoxy) is 2. The Morgan fingerprint density at radius 3 is 2.36 bits per heavy atom. The summed E-state index contributed by atoms with van der Waals surface area (Å²) in [6, 6.07) is 15.5. The van der Waals surface area contributed by atoms with Gasteiger partial charge in [0.25, 0.3) is 0 Å². The van der Waals surface area contributed by atoms with Gasteiger partial charge >= 0.3 is 0 Å². The highest BCUT2D eigenvalue weighted by Gasteiger charge is 2.19. The van der Waals surface area contributed by atoms with Gasteiger partial charge in [-0.3, -0.25) is 4.79 Å². The molecule has 2 aromatic carbocycles. The summed E-state index contributed by atoms with van der Waals surface area (Å²) in [5, 5.41) is 0. The fourth-order valence-corrected chi connectivity index (χ4v) is 3.61. The summed E-state index contributed by atoms with van der Waals surface area (Å²) in [7, 11) is 1.63. The molecule has 0 fully saturated rings. The first kappa shape index (κ1) is 24.1. The Bertz CT molecular complexity index is 1030. The van der Waals surface area contributed by atoms with Crippen molar-refractivity contribution in [1.82, 2.24) is 0 Å². The molecule has 33 heavy (non-hydrogen) atoms. The Hall–Kier alpha value is -3.53. The minimum atomic E-state index is -0.374. The molecule has 172 valence electrons. The van der Waals surface area contributed by atoms with Crippen molar-refractivity contribution in [2.24, 2.45) is 11.7 Å². The number of nitrogens with two attached hydrogens (primary N) is 1. The number of benzene rings is 2. The third-order valence-electron chi connectivity index (χ3n) is 5.52. The minimum Gasteiger partial charge on any atom is -0.497 e. The number of unbranched alkanes of at least 4 members (excludes halogenated alkanes) is 3. The largest absolute Gasteiger partial charge is 0.497 e. The van der Waals surface area contributed by atoms with Gasteiger partial charge in [-0.25, -0.2) is 0 Å². The van der Waals surface area contributed by atoms with Crippen LogP contribution in [0.5, 0.6) is 11.5 Å². The Morgan fingerprint density at radius 1 is 0.970 bits per heavy atom. The van der Waals surface area contributed by atoms with Crippen molar-refractivity contribution >= 4 is 17.9 Å². The zero-order valence-electron chi connectivity index (χ0n) is 19.5. The molecule has 1 aliphatic carbocycles. The van der Waals surface area contributed by atoms with E-state index in [0.29, 0.717) is 5.70 Å². The maximum Gasteiger partial charge on any atom is 0.166 e. The molecule has 0 saturated carbocycles. The van der Waals surface area contributed by atoms with Gasteiger partial charge in [-0.15, -0.1) is 0 Å². The normalized spacial score (nSPS) is 16.7. The van der Waals surface area contributed by atoms with Crippen molar-refractivity contribution < 1.29 is 14.3 Å². The number of rotatable bonds is 11. The van der Waals surface area contributed by atoms with E-state index in [0.717, 1.165) is 41.2 Å². The van der Waals surface area contributed by atoms with Crippen LogP contribution in [-0.2, 0) is 4.79 Å². The highest BCUT2D eigenvalue weighted by Crippen LogP contribution is 2.26. The van der Waals surface area contributed by atoms with Gasteiger partial charge in [0, 0.05) is 5.70 Å². The molecule has 1 aliphatic rings. The van der Waals surface area contributed by atoms with E-state index in [-0.39, 0.29) is 11.7 Å². The molecule has 1 atom stereocenters. The number of methoxy groups -OCH3 is 1. The fourth-order valence-electron chi connectivity index (χ4n) is 3.61. The van der Waals surface area contributed by atoms with Gasteiger partial charge in [-0.1, -0.05) is 68.7 Å². The molecule has 0 spiro atoms. The number of hydrogen-bond donors (Lipinski definition) is 1. The van der Waals surface area contributed by atoms with E-state index >= 15 is 0 Å². The van der Waals surface area contributed by atoms with Crippen LogP contribution in [-0.4, -0.2) is 19.5 Å². The van der Waals surface area contributed by atoms with Gasteiger partial charge in [0.2, 0.25) is 0 Å². The zero-order chi connectivity index (χ0) is 23.5. The zero-order valence-corrected chi connectivity index (χ0v) is 19.5. The standard InChI is InChI=1S/C29H33NO3/c1-3-4-5-6-19-33-27-15-9-23(10-16-27)20-24-21-25(30)12-17-28(24)29(31)18-11-22-7-13-26(32-2)14-8-22/h7-18,20-21,28H,3-6,19,30H2,1-2H3. The lowest BCUT2D eigenvalue weighted by atomic mass is 9.88. The van der Waals surface area contributed by atoms with Crippen LogP contribution in [0.3, 0.4) is 0 Å². The molecule has 2 N–H and O–H groups in total. The highest BCUT2D eigenvalue weighted by molar-refractivity contribution is 5.99. The van der Waals surface area contributed by atoms with E-state index in [4.69, 9.17) is 15.2 Å². The second kappa shape index (κ2) is 12.5. The molecular weight excluding hydrogens is 410 g/mol. The predicted molar refractivity (Wildman–Crippen MR) is 136 cm³/mol. The quantitative estimate of drug-likeness (QED) is 0.325. The first-order valence-electron chi connectivity index (χ1n) is 11.5. The molecule has 0 amide bonds. The molecule has 0 aromatic heterocycles. The SMILES string of the molecule is CCCCCCOc1ccc(C=C2C=C(N)C=CC2C(=O)C=Cc2ccc(OC)cc2)cc1. The molecule has 1 unspecified atom stereocenters. The Morgan fingerprint density at radius 2 is 1.67 bits per heavy atom. The molecule has 2 aromatic rings. The molecule has 0 heterocycles. The van der Waals surface area contributed by atoms with Crippen LogP contribution in [0.4, 0.5) is 0 Å². The summed E-state index contributed by atoms with van der Waals surface area (Å²) < 4.78 is 11.0. The first-order chi connectivity index (χ1) is 16.1. The maximum absolute atomic E-state index is 13.0. The van der Waals surface area contributed by atoms with E-state index in [9.17, 15) is 4.79 Å². The van der Waals surface area contributed by atoms with Gasteiger partial charge in [0.1, 0.15) is 11.5 Å². The van der Waals surface area contributed by atoms with Crippen molar-refractivity contribution in [1.29, 1.82) is 0 Å². The lowest BCUT2D eigenvalue weighted by Gasteiger charge is -2.16. The van der Waals surface area contributed by atoms with E-state index in [1.54, 1.807) is 19.3 Å². The molecule has 0 saturated heterocycles. The third kappa shape index (κ3) is 7.53. The summed E-state index contributed by atoms with van der Waals surface area (Å²) in [6.07, 6.45) is 15.7. The van der Waals surface area contributed by atoms with Crippen LogP contribution >= 0.6 is 0 Å². The van der Waals surface area contributed by atoms with Crippen molar-refractivity contribution in [3.05, 3.63) is 95.2 Å². The van der Waals surface area contributed by atoms with E-state index < -0.39 is 0 Å². The van der Waals surface area contributed by atoms with Crippen LogP contribution < -0.4 is 15.2 Å². The van der Waals surface area contributed by atoms with Crippen LogP contribution in [0.2, 0.25) is 0 Å². The number of hydrogen-bond acceptors (Lipinski definition) is 4. The molecule has 4 heteroatoms. The van der Waals surface area contributed by atoms with E-state index in [1.807, 2.05) is 72.8 Å². The molecular formula is C29H33NO3. The molecule has 0 aliphatic heterocycles. The predicted octanol–water partition coefficient (Wildman–Crippen LogP) is 6.35. The average Bonchev–Trinajstić information content (AvgIpc) is 2.84. The molecule has 0 bridgehead atoms. The Balaban J connectivity index is 1.67. The Kier molecular flexibility index (Phi) is 9.13. The molecule has 4 nitrogen and oxygen atoms in total. The van der Waals surface area contributed by atoms with Crippen molar-refractivity contribution in [2.45, 2.75) is 32.6 Å². The van der Waals surface area contributed by atoms with Crippen molar-refractivity contribution in [3.8, 4) is 11.5 Å². The average molecular weight is 444 g/mol. The summed E-state index contributed by atoms with van der Waals surface area (Å²) in [5.41, 5.74) is 9.46. The summed E-state index contributed by atoms with van der Waals surface area (Å²) in [6.45, 7) is 2.94. The van der Waals surface area contributed by atoms with E-state index in [1.165, 1.54) is 19.3 Å².